The van der Waals surface area contributed by atoms with Crippen molar-refractivity contribution in [2.24, 2.45) is 5.92 Å². The predicted octanol–water partition coefficient (Wildman–Crippen LogP) is 4.83. The highest BCUT2D eigenvalue weighted by Crippen LogP contribution is 2.42. The number of carbonyl (C=O) groups is 1. The van der Waals surface area contributed by atoms with Crippen molar-refractivity contribution in [1.82, 2.24) is 4.98 Å². The molecular weight excluding hydrogens is 342 g/mol. The molecule has 1 rings (SSSR count). The SMILES string of the molecule is C#CC[C@@H](C(=O)O)[C@H](O[Si](C)(C)C(C)(C)C)c1cnc(Cl)c(C)c1. The molecule has 24 heavy (non-hydrogen) atoms. The number of aliphatic carboxylic acids is 1. The molecule has 0 radical (unpaired) electrons. The predicted molar refractivity (Wildman–Crippen MR) is 99.6 cm³/mol. The van der Waals surface area contributed by atoms with Crippen molar-refractivity contribution in [3.63, 3.8) is 0 Å². The summed E-state index contributed by atoms with van der Waals surface area (Å²) in [5.74, 6) is 0.662. The molecule has 0 amide bonds. The van der Waals surface area contributed by atoms with Gasteiger partial charge in [-0.3, -0.25) is 4.79 Å². The Morgan fingerprint density at radius 2 is 2.08 bits per heavy atom. The summed E-state index contributed by atoms with van der Waals surface area (Å²) >= 11 is 6.00. The summed E-state index contributed by atoms with van der Waals surface area (Å²) in [6, 6.07) is 1.83. The Morgan fingerprint density at radius 1 is 1.50 bits per heavy atom. The Hall–Kier alpha value is -1.35. The van der Waals surface area contributed by atoms with Gasteiger partial charge in [-0.15, -0.1) is 12.3 Å². The van der Waals surface area contributed by atoms with E-state index in [0.717, 1.165) is 5.56 Å². The van der Waals surface area contributed by atoms with E-state index in [1.54, 1.807) is 6.20 Å². The molecule has 6 heteroatoms. The van der Waals surface area contributed by atoms with Crippen LogP contribution in [0.1, 0.15) is 44.4 Å². The maximum atomic E-state index is 11.8. The Morgan fingerprint density at radius 3 is 2.50 bits per heavy atom. The molecule has 1 aromatic rings. The molecule has 0 bridgehead atoms. The maximum absolute atomic E-state index is 11.8. The zero-order valence-electron chi connectivity index (χ0n) is 15.2. The minimum atomic E-state index is -2.21. The third kappa shape index (κ3) is 4.82. The molecule has 4 nitrogen and oxygen atoms in total. The standard InChI is InChI=1S/C18H26ClNO3Si/c1-8-9-14(17(21)22)15(23-24(6,7)18(3,4)5)13-10-12(2)16(19)20-11-13/h1,10-11,14-15H,9H2,2-7H3,(H,21,22)/t14-,15-/m1/s1. The van der Waals surface area contributed by atoms with Crippen LogP contribution in [-0.4, -0.2) is 24.4 Å². The van der Waals surface area contributed by atoms with Gasteiger partial charge in [-0.25, -0.2) is 4.98 Å². The molecule has 0 spiro atoms. The number of terminal acetylenes is 1. The summed E-state index contributed by atoms with van der Waals surface area (Å²) in [6.07, 6.45) is 6.42. The fraction of sp³-hybridized carbons (Fsp3) is 0.556. The van der Waals surface area contributed by atoms with E-state index in [1.165, 1.54) is 0 Å². The summed E-state index contributed by atoms with van der Waals surface area (Å²) in [6.45, 7) is 12.3. The number of nitrogens with zero attached hydrogens (tertiary/aromatic N) is 1. The van der Waals surface area contributed by atoms with Gasteiger partial charge >= 0.3 is 5.97 Å². The van der Waals surface area contributed by atoms with E-state index < -0.39 is 26.3 Å². The number of hydrogen-bond acceptors (Lipinski definition) is 3. The van der Waals surface area contributed by atoms with Gasteiger partial charge in [-0.1, -0.05) is 32.4 Å². The first-order chi connectivity index (χ1) is 10.9. The molecule has 2 atom stereocenters. The van der Waals surface area contributed by atoms with Gasteiger partial charge in [0, 0.05) is 12.6 Å². The van der Waals surface area contributed by atoms with Crippen LogP contribution in [0.4, 0.5) is 0 Å². The van der Waals surface area contributed by atoms with Crippen molar-refractivity contribution < 1.29 is 14.3 Å². The first kappa shape index (κ1) is 20.7. The number of pyridine rings is 1. The van der Waals surface area contributed by atoms with Crippen LogP contribution in [0, 0.1) is 25.2 Å². The molecule has 1 aromatic heterocycles. The second kappa shape index (κ2) is 7.69. The molecular formula is C18H26ClNO3Si. The molecule has 0 aliphatic rings. The number of aromatic nitrogens is 1. The Kier molecular flexibility index (Phi) is 6.63. The van der Waals surface area contributed by atoms with E-state index in [9.17, 15) is 9.90 Å². The Bertz CT molecular complexity index is 647. The lowest BCUT2D eigenvalue weighted by Crippen LogP contribution is -2.44. The first-order valence-corrected chi connectivity index (χ1v) is 11.2. The fourth-order valence-corrected chi connectivity index (χ4v) is 3.46. The Labute approximate surface area is 150 Å². The van der Waals surface area contributed by atoms with Gasteiger partial charge in [0.2, 0.25) is 0 Å². The van der Waals surface area contributed by atoms with E-state index in [4.69, 9.17) is 22.5 Å². The van der Waals surface area contributed by atoms with Crippen LogP contribution in [0.3, 0.4) is 0 Å². The van der Waals surface area contributed by atoms with Crippen LogP contribution in [0.5, 0.6) is 0 Å². The molecule has 1 N–H and O–H groups in total. The molecule has 0 aromatic carbocycles. The van der Waals surface area contributed by atoms with Gasteiger partial charge in [0.05, 0.1) is 12.0 Å². The fourth-order valence-electron chi connectivity index (χ4n) is 2.06. The van der Waals surface area contributed by atoms with Crippen molar-refractivity contribution in [1.29, 1.82) is 0 Å². The summed E-state index contributed by atoms with van der Waals surface area (Å²) in [4.78, 5) is 15.9. The zero-order chi connectivity index (χ0) is 18.7. The third-order valence-electron chi connectivity index (χ3n) is 4.61. The normalized spacial score (nSPS) is 14.8. The van der Waals surface area contributed by atoms with Crippen molar-refractivity contribution in [2.45, 2.75) is 58.4 Å². The highest BCUT2D eigenvalue weighted by Gasteiger charge is 2.42. The first-order valence-electron chi connectivity index (χ1n) is 7.87. The van der Waals surface area contributed by atoms with Crippen LogP contribution in [0.25, 0.3) is 0 Å². The highest BCUT2D eigenvalue weighted by molar-refractivity contribution is 6.74. The summed E-state index contributed by atoms with van der Waals surface area (Å²) in [7, 11) is -2.21. The minimum absolute atomic E-state index is 0.0562. The molecule has 0 aliphatic heterocycles. The second-order valence-electron chi connectivity index (χ2n) is 7.53. The minimum Gasteiger partial charge on any atom is -0.481 e. The average Bonchev–Trinajstić information content (AvgIpc) is 2.44. The lowest BCUT2D eigenvalue weighted by atomic mass is 9.93. The van der Waals surface area contributed by atoms with E-state index in [0.29, 0.717) is 10.7 Å². The van der Waals surface area contributed by atoms with Crippen LogP contribution in [0.15, 0.2) is 12.3 Å². The summed E-state index contributed by atoms with van der Waals surface area (Å²) in [5.41, 5.74) is 1.48. The smallest absolute Gasteiger partial charge is 0.310 e. The van der Waals surface area contributed by atoms with Crippen molar-refractivity contribution in [3.05, 3.63) is 28.5 Å². The molecule has 0 aliphatic carbocycles. The van der Waals surface area contributed by atoms with Crippen LogP contribution in [-0.2, 0) is 9.22 Å². The molecule has 1 heterocycles. The topological polar surface area (TPSA) is 59.4 Å². The monoisotopic (exact) mass is 367 g/mol. The molecule has 0 saturated heterocycles. The lowest BCUT2D eigenvalue weighted by molar-refractivity contribution is -0.145. The molecule has 0 unspecified atom stereocenters. The van der Waals surface area contributed by atoms with Crippen LogP contribution >= 0.6 is 11.6 Å². The third-order valence-corrected chi connectivity index (χ3v) is 9.46. The molecule has 0 saturated carbocycles. The van der Waals surface area contributed by atoms with Crippen LogP contribution < -0.4 is 0 Å². The van der Waals surface area contributed by atoms with Gasteiger partial charge in [0.15, 0.2) is 8.32 Å². The number of aryl methyl sites for hydroxylation is 1. The van der Waals surface area contributed by atoms with Gasteiger partial charge in [-0.05, 0) is 42.2 Å². The largest absolute Gasteiger partial charge is 0.481 e. The second-order valence-corrected chi connectivity index (χ2v) is 12.6. The average molecular weight is 368 g/mol. The zero-order valence-corrected chi connectivity index (χ0v) is 16.9. The van der Waals surface area contributed by atoms with E-state index in [1.807, 2.05) is 13.0 Å². The number of carboxylic acid groups (broad SMARTS) is 1. The lowest BCUT2D eigenvalue weighted by Gasteiger charge is -2.40. The van der Waals surface area contributed by atoms with Crippen molar-refractivity contribution in [2.75, 3.05) is 0 Å². The van der Waals surface area contributed by atoms with Gasteiger partial charge in [0.25, 0.3) is 0 Å². The van der Waals surface area contributed by atoms with Gasteiger partial charge in [-0.2, -0.15) is 0 Å². The number of rotatable bonds is 6. The maximum Gasteiger partial charge on any atom is 0.310 e. The van der Waals surface area contributed by atoms with E-state index >= 15 is 0 Å². The quantitative estimate of drug-likeness (QED) is 0.444. The van der Waals surface area contributed by atoms with Gasteiger partial charge in [0.1, 0.15) is 5.15 Å². The Balaban J connectivity index is 3.38. The number of halogens is 1. The van der Waals surface area contributed by atoms with Crippen LogP contribution in [0.2, 0.25) is 23.3 Å². The highest BCUT2D eigenvalue weighted by atomic mass is 35.5. The van der Waals surface area contributed by atoms with Crippen molar-refractivity contribution >= 4 is 25.9 Å². The summed E-state index contributed by atoms with van der Waals surface area (Å²) < 4.78 is 6.44. The van der Waals surface area contributed by atoms with Crippen molar-refractivity contribution in [3.8, 4) is 12.3 Å². The summed E-state index contributed by atoms with van der Waals surface area (Å²) in [5, 5.41) is 9.99. The number of carboxylic acids is 1. The van der Waals surface area contributed by atoms with E-state index in [2.05, 4.69) is 44.8 Å². The van der Waals surface area contributed by atoms with E-state index in [-0.39, 0.29) is 11.5 Å². The molecule has 0 fully saturated rings. The number of hydrogen-bond donors (Lipinski definition) is 1. The van der Waals surface area contributed by atoms with Gasteiger partial charge < -0.3 is 9.53 Å². The molecule has 132 valence electrons.